The summed E-state index contributed by atoms with van der Waals surface area (Å²) in [5.74, 6) is -0.420. The van der Waals surface area contributed by atoms with Gasteiger partial charge in [0, 0.05) is 28.2 Å². The second kappa shape index (κ2) is 7.63. The van der Waals surface area contributed by atoms with Gasteiger partial charge in [0.2, 0.25) is 0 Å². The van der Waals surface area contributed by atoms with Gasteiger partial charge < -0.3 is 9.51 Å². The number of H-pyrrole nitrogens is 1. The number of aromatic nitrogens is 1. The van der Waals surface area contributed by atoms with E-state index in [1.54, 1.807) is 19.1 Å². The second-order valence-electron chi connectivity index (χ2n) is 6.62. The Morgan fingerprint density at radius 1 is 1.21 bits per heavy atom. The maximum absolute atomic E-state index is 14.2. The van der Waals surface area contributed by atoms with Crippen LogP contribution in [0.1, 0.15) is 35.5 Å². The maximum Gasteiger partial charge on any atom is 0.416 e. The number of ketones is 1. The molecule has 29 heavy (non-hydrogen) atoms. The number of alkyl halides is 3. The lowest BCUT2D eigenvalue weighted by atomic mass is 10.1. The lowest BCUT2D eigenvalue weighted by Gasteiger charge is -2.21. The van der Waals surface area contributed by atoms with Gasteiger partial charge in [-0.15, -0.1) is 0 Å². The zero-order valence-electron chi connectivity index (χ0n) is 15.9. The molecular formula is C20H18ClF3NO3P. The summed E-state index contributed by atoms with van der Waals surface area (Å²) in [5, 5.41) is 0.601. The van der Waals surface area contributed by atoms with Crippen LogP contribution >= 0.6 is 19.0 Å². The number of carbonyl (C=O) groups excluding carboxylic acids is 1. The van der Waals surface area contributed by atoms with E-state index < -0.39 is 24.9 Å². The molecule has 1 N–H and O–H groups in total. The number of aromatic amines is 1. The predicted molar refractivity (Wildman–Crippen MR) is 108 cm³/mol. The summed E-state index contributed by atoms with van der Waals surface area (Å²) in [7, 11) is -4.07. The van der Waals surface area contributed by atoms with Crippen LogP contribution in [0.3, 0.4) is 0 Å². The van der Waals surface area contributed by atoms with Crippen molar-refractivity contribution in [3.05, 3.63) is 58.2 Å². The Kier molecular flexibility index (Phi) is 5.69. The molecular weight excluding hydrogens is 426 g/mol. The highest BCUT2D eigenvalue weighted by molar-refractivity contribution is 7.75. The first-order valence-corrected chi connectivity index (χ1v) is 10.7. The third kappa shape index (κ3) is 4.00. The van der Waals surface area contributed by atoms with Crippen molar-refractivity contribution in [1.82, 2.24) is 4.98 Å². The molecule has 0 saturated heterocycles. The molecule has 1 heterocycles. The fourth-order valence-corrected chi connectivity index (χ4v) is 6.02. The Labute approximate surface area is 170 Å². The first-order chi connectivity index (χ1) is 13.5. The average molecular weight is 444 g/mol. The molecule has 154 valence electrons. The van der Waals surface area contributed by atoms with Crippen LogP contribution in [-0.4, -0.2) is 17.4 Å². The van der Waals surface area contributed by atoms with Crippen LogP contribution in [-0.2, 0) is 15.3 Å². The Hall–Kier alpha value is -2.08. The molecule has 0 aliphatic rings. The standard InChI is InChI=1S/C20H18ClF3NO3P/c1-4-28-29(27,15-8-11(2)7-13(9-15)20(22,23)24)19-16-10-14(21)5-6-17(16)25-18(19)12(3)26/h5-10,25H,4H2,1-3H3. The normalized spacial score (nSPS) is 14.2. The van der Waals surface area contributed by atoms with Crippen molar-refractivity contribution in [2.24, 2.45) is 0 Å². The van der Waals surface area contributed by atoms with E-state index in [-0.39, 0.29) is 28.5 Å². The van der Waals surface area contributed by atoms with E-state index in [0.29, 0.717) is 15.9 Å². The van der Waals surface area contributed by atoms with Crippen molar-refractivity contribution in [3.63, 3.8) is 0 Å². The van der Waals surface area contributed by atoms with Crippen molar-refractivity contribution >= 4 is 46.3 Å². The predicted octanol–water partition coefficient (Wildman–Crippen LogP) is 5.62. The van der Waals surface area contributed by atoms with E-state index in [1.807, 2.05) is 0 Å². The molecule has 9 heteroatoms. The number of carbonyl (C=O) groups is 1. The molecule has 0 bridgehead atoms. The molecule has 2 aromatic carbocycles. The van der Waals surface area contributed by atoms with Crippen LogP contribution in [0.15, 0.2) is 36.4 Å². The van der Waals surface area contributed by atoms with Gasteiger partial charge in [-0.05, 0) is 55.8 Å². The minimum absolute atomic E-state index is 0.0223. The lowest BCUT2D eigenvalue weighted by Crippen LogP contribution is -2.24. The largest absolute Gasteiger partial charge is 0.416 e. The number of hydrogen-bond acceptors (Lipinski definition) is 3. The number of Topliss-reactive ketones (excluding diaryl/α,β-unsaturated/α-hetero) is 1. The molecule has 1 aromatic heterocycles. The molecule has 3 rings (SSSR count). The van der Waals surface area contributed by atoms with Gasteiger partial charge in [0.25, 0.3) is 7.37 Å². The molecule has 0 radical (unpaired) electrons. The summed E-state index contributed by atoms with van der Waals surface area (Å²) in [6.07, 6.45) is -4.62. The summed E-state index contributed by atoms with van der Waals surface area (Å²) >= 11 is 6.08. The summed E-state index contributed by atoms with van der Waals surface area (Å²) in [4.78, 5) is 15.2. The molecule has 1 unspecified atom stereocenters. The lowest BCUT2D eigenvalue weighted by molar-refractivity contribution is -0.137. The molecule has 0 amide bonds. The quantitative estimate of drug-likeness (QED) is 0.411. The van der Waals surface area contributed by atoms with Gasteiger partial charge in [-0.2, -0.15) is 13.2 Å². The van der Waals surface area contributed by atoms with Gasteiger partial charge >= 0.3 is 6.18 Å². The zero-order valence-corrected chi connectivity index (χ0v) is 17.5. The van der Waals surface area contributed by atoms with Crippen LogP contribution < -0.4 is 10.6 Å². The summed E-state index contributed by atoms with van der Waals surface area (Å²) < 4.78 is 59.9. The molecule has 0 aliphatic carbocycles. The Morgan fingerprint density at radius 3 is 2.48 bits per heavy atom. The molecule has 0 fully saturated rings. The van der Waals surface area contributed by atoms with Gasteiger partial charge in [0.05, 0.1) is 23.2 Å². The topological polar surface area (TPSA) is 59.2 Å². The van der Waals surface area contributed by atoms with Gasteiger partial charge in [-0.25, -0.2) is 0 Å². The minimum Gasteiger partial charge on any atom is -0.351 e. The number of nitrogens with one attached hydrogen (secondary N) is 1. The second-order valence-corrected chi connectivity index (χ2v) is 9.38. The minimum atomic E-state index is -4.62. The molecule has 4 nitrogen and oxygen atoms in total. The highest BCUT2D eigenvalue weighted by Crippen LogP contribution is 2.49. The van der Waals surface area contributed by atoms with Crippen molar-refractivity contribution in [2.45, 2.75) is 26.9 Å². The number of rotatable bonds is 5. The Bertz CT molecular complexity index is 1150. The van der Waals surface area contributed by atoms with E-state index in [9.17, 15) is 22.5 Å². The number of hydrogen-bond donors (Lipinski definition) is 1. The van der Waals surface area contributed by atoms with E-state index in [0.717, 1.165) is 12.1 Å². The smallest absolute Gasteiger partial charge is 0.351 e. The maximum atomic E-state index is 14.2. The van der Waals surface area contributed by atoms with E-state index in [2.05, 4.69) is 4.98 Å². The van der Waals surface area contributed by atoms with Gasteiger partial charge in [-0.3, -0.25) is 9.36 Å². The van der Waals surface area contributed by atoms with Crippen LogP contribution in [0.5, 0.6) is 0 Å². The van der Waals surface area contributed by atoms with Crippen molar-refractivity contribution in [2.75, 3.05) is 6.61 Å². The number of benzene rings is 2. The molecule has 1 atom stereocenters. The fraction of sp³-hybridized carbons (Fsp3) is 0.250. The molecule has 0 aliphatic heterocycles. The van der Waals surface area contributed by atoms with Gasteiger partial charge in [0.15, 0.2) is 5.78 Å². The van der Waals surface area contributed by atoms with Crippen LogP contribution in [0.4, 0.5) is 13.2 Å². The molecule has 0 saturated carbocycles. The highest BCUT2D eigenvalue weighted by Gasteiger charge is 2.38. The summed E-state index contributed by atoms with van der Waals surface area (Å²) in [6.45, 7) is 4.32. The van der Waals surface area contributed by atoms with Crippen LogP contribution in [0.25, 0.3) is 10.9 Å². The highest BCUT2D eigenvalue weighted by atomic mass is 35.5. The van der Waals surface area contributed by atoms with E-state index >= 15 is 0 Å². The van der Waals surface area contributed by atoms with E-state index in [1.165, 1.54) is 26.0 Å². The first-order valence-electron chi connectivity index (χ1n) is 8.74. The Morgan fingerprint density at radius 2 is 1.90 bits per heavy atom. The first kappa shape index (κ1) is 21.6. The van der Waals surface area contributed by atoms with Crippen molar-refractivity contribution in [1.29, 1.82) is 0 Å². The average Bonchev–Trinajstić information content (AvgIpc) is 3.00. The van der Waals surface area contributed by atoms with Gasteiger partial charge in [0.1, 0.15) is 0 Å². The van der Waals surface area contributed by atoms with Gasteiger partial charge in [-0.1, -0.05) is 11.6 Å². The number of aryl methyl sites for hydroxylation is 1. The Balaban J connectivity index is 2.41. The van der Waals surface area contributed by atoms with Crippen molar-refractivity contribution < 1.29 is 27.1 Å². The van der Waals surface area contributed by atoms with Crippen LogP contribution in [0.2, 0.25) is 5.02 Å². The van der Waals surface area contributed by atoms with Crippen LogP contribution in [0, 0.1) is 6.92 Å². The monoisotopic (exact) mass is 443 g/mol. The third-order valence-electron chi connectivity index (χ3n) is 4.42. The summed E-state index contributed by atoms with van der Waals surface area (Å²) in [5.41, 5.74) is -0.154. The molecule has 0 spiro atoms. The zero-order chi connectivity index (χ0) is 21.6. The fourth-order valence-electron chi connectivity index (χ4n) is 3.26. The number of fused-ring (bicyclic) bond motifs is 1. The molecule has 3 aromatic rings. The summed E-state index contributed by atoms with van der Waals surface area (Å²) in [6, 6.07) is 7.89. The SMILES string of the molecule is CCOP(=O)(c1cc(C)cc(C(F)(F)F)c1)c1c(C(C)=O)[nH]c2ccc(Cl)cc12. The number of halogens is 4. The third-order valence-corrected chi connectivity index (χ3v) is 7.27. The van der Waals surface area contributed by atoms with E-state index in [4.69, 9.17) is 16.1 Å². The van der Waals surface area contributed by atoms with Crippen molar-refractivity contribution in [3.8, 4) is 0 Å².